The minimum Gasteiger partial charge on any atom is -0.492 e. The van der Waals surface area contributed by atoms with E-state index in [1.165, 1.54) is 6.08 Å². The van der Waals surface area contributed by atoms with E-state index in [-0.39, 0.29) is 5.91 Å². The van der Waals surface area contributed by atoms with E-state index in [4.69, 9.17) is 9.57 Å². The van der Waals surface area contributed by atoms with Gasteiger partial charge in [0.15, 0.2) is 0 Å². The summed E-state index contributed by atoms with van der Waals surface area (Å²) in [6.07, 6.45) is 5.28. The minimum absolute atomic E-state index is 0.246. The second-order valence-electron chi connectivity index (χ2n) is 5.08. The lowest BCUT2D eigenvalue weighted by Crippen LogP contribution is -2.17. The van der Waals surface area contributed by atoms with Crippen molar-refractivity contribution in [3.8, 4) is 5.75 Å². The van der Waals surface area contributed by atoms with Gasteiger partial charge in [0.25, 0.3) is 0 Å². The number of hydrogen-bond acceptors (Lipinski definition) is 4. The lowest BCUT2D eigenvalue weighted by molar-refractivity contribution is -0.111. The summed E-state index contributed by atoms with van der Waals surface area (Å²) < 4.78 is 5.64. The van der Waals surface area contributed by atoms with E-state index in [1.54, 1.807) is 6.07 Å². The van der Waals surface area contributed by atoms with Gasteiger partial charge in [-0.05, 0) is 24.6 Å². The molecule has 5 nitrogen and oxygen atoms in total. The molecule has 1 aromatic rings. The molecule has 1 amide bonds. The summed E-state index contributed by atoms with van der Waals surface area (Å²) in [5, 5.41) is 6.95. The fourth-order valence-electron chi connectivity index (χ4n) is 2.18. The van der Waals surface area contributed by atoms with Gasteiger partial charge in [0, 0.05) is 23.7 Å². The number of oxime groups is 1. The van der Waals surface area contributed by atoms with Gasteiger partial charge in [-0.3, -0.25) is 4.79 Å². The van der Waals surface area contributed by atoms with Crippen molar-refractivity contribution >= 4 is 17.3 Å². The van der Waals surface area contributed by atoms with E-state index in [9.17, 15) is 4.79 Å². The van der Waals surface area contributed by atoms with Crippen LogP contribution in [0.15, 0.2) is 36.0 Å². The standard InChI is InChI=1S/C17H22N2O3/c1-3-5-6-10-22-19-15-9-11-21-16-12-13(7-8-14(15)16)18-17(20)4-2/h4,7-8,12H,2-3,5-6,9-11H2,1H3,(H,18,20)/b19-15+. The van der Waals surface area contributed by atoms with Crippen LogP contribution in [0, 0.1) is 0 Å². The number of anilines is 1. The molecular formula is C17H22N2O3. The first-order valence-corrected chi connectivity index (χ1v) is 7.64. The lowest BCUT2D eigenvalue weighted by atomic mass is 10.0. The Bertz CT molecular complexity index is 567. The van der Waals surface area contributed by atoms with Crippen molar-refractivity contribution in [3.63, 3.8) is 0 Å². The Kier molecular flexibility index (Phi) is 6.01. The normalized spacial score (nSPS) is 14.9. The smallest absolute Gasteiger partial charge is 0.247 e. The summed E-state index contributed by atoms with van der Waals surface area (Å²) in [6, 6.07) is 5.51. The number of hydrogen-bond donors (Lipinski definition) is 1. The topological polar surface area (TPSA) is 59.9 Å². The molecule has 1 aliphatic rings. The fourth-order valence-corrected chi connectivity index (χ4v) is 2.18. The monoisotopic (exact) mass is 302 g/mol. The minimum atomic E-state index is -0.246. The average Bonchev–Trinajstić information content (AvgIpc) is 2.54. The van der Waals surface area contributed by atoms with Crippen LogP contribution >= 0.6 is 0 Å². The molecule has 1 aromatic carbocycles. The van der Waals surface area contributed by atoms with Crippen LogP contribution in [0.3, 0.4) is 0 Å². The van der Waals surface area contributed by atoms with Crippen molar-refractivity contribution in [2.45, 2.75) is 32.6 Å². The third-order valence-corrected chi connectivity index (χ3v) is 3.36. The van der Waals surface area contributed by atoms with Gasteiger partial charge in [-0.2, -0.15) is 0 Å². The van der Waals surface area contributed by atoms with E-state index in [0.29, 0.717) is 24.7 Å². The first-order chi connectivity index (χ1) is 10.7. The number of ether oxygens (including phenoxy) is 1. The molecule has 0 aromatic heterocycles. The first kappa shape index (κ1) is 16.1. The average molecular weight is 302 g/mol. The number of carbonyl (C=O) groups excluding carboxylic acids is 1. The molecule has 1 N–H and O–H groups in total. The number of rotatable bonds is 7. The molecule has 118 valence electrons. The molecule has 5 heteroatoms. The molecule has 2 rings (SSSR count). The SMILES string of the molecule is C=CC(=O)Nc1ccc2c(c1)OCC/C2=N\OCCCCC. The third-order valence-electron chi connectivity index (χ3n) is 3.36. The van der Waals surface area contributed by atoms with Crippen LogP contribution in [0.2, 0.25) is 0 Å². The van der Waals surface area contributed by atoms with Gasteiger partial charge in [-0.15, -0.1) is 0 Å². The number of carbonyl (C=O) groups is 1. The Morgan fingerprint density at radius 3 is 3.14 bits per heavy atom. The van der Waals surface area contributed by atoms with Crippen molar-refractivity contribution in [3.05, 3.63) is 36.4 Å². The summed E-state index contributed by atoms with van der Waals surface area (Å²) in [6.45, 7) is 6.79. The predicted octanol–water partition coefficient (Wildman–Crippen LogP) is 3.50. The number of amides is 1. The van der Waals surface area contributed by atoms with Gasteiger partial charge in [-0.25, -0.2) is 0 Å². The molecule has 0 bridgehead atoms. The van der Waals surface area contributed by atoms with Crippen molar-refractivity contribution in [1.82, 2.24) is 0 Å². The molecule has 1 aliphatic heterocycles. The van der Waals surface area contributed by atoms with Gasteiger partial charge >= 0.3 is 0 Å². The highest BCUT2D eigenvalue weighted by Gasteiger charge is 2.18. The number of benzene rings is 1. The van der Waals surface area contributed by atoms with Crippen molar-refractivity contribution in [1.29, 1.82) is 0 Å². The summed E-state index contributed by atoms with van der Waals surface area (Å²) in [5.41, 5.74) is 2.48. The van der Waals surface area contributed by atoms with E-state index in [2.05, 4.69) is 24.0 Å². The molecule has 1 heterocycles. The zero-order chi connectivity index (χ0) is 15.8. The predicted molar refractivity (Wildman–Crippen MR) is 87.4 cm³/mol. The fraction of sp³-hybridized carbons (Fsp3) is 0.412. The molecule has 0 saturated heterocycles. The van der Waals surface area contributed by atoms with Crippen molar-refractivity contribution in [2.75, 3.05) is 18.5 Å². The van der Waals surface area contributed by atoms with Gasteiger partial charge in [0.1, 0.15) is 12.4 Å². The van der Waals surface area contributed by atoms with Gasteiger partial charge < -0.3 is 14.9 Å². The van der Waals surface area contributed by atoms with Crippen molar-refractivity contribution < 1.29 is 14.4 Å². The van der Waals surface area contributed by atoms with Gasteiger partial charge in [-0.1, -0.05) is 31.5 Å². The molecule has 0 fully saturated rings. The largest absolute Gasteiger partial charge is 0.492 e. The van der Waals surface area contributed by atoms with Crippen LogP contribution in [-0.4, -0.2) is 24.8 Å². The van der Waals surface area contributed by atoms with Crippen molar-refractivity contribution in [2.24, 2.45) is 5.16 Å². The van der Waals surface area contributed by atoms with Crippen LogP contribution in [0.1, 0.15) is 38.2 Å². The zero-order valence-electron chi connectivity index (χ0n) is 12.9. The molecule has 0 saturated carbocycles. The lowest BCUT2D eigenvalue weighted by Gasteiger charge is -2.19. The van der Waals surface area contributed by atoms with Gasteiger partial charge in [0.05, 0.1) is 12.3 Å². The van der Waals surface area contributed by atoms with E-state index in [0.717, 1.165) is 37.0 Å². The first-order valence-electron chi connectivity index (χ1n) is 7.64. The highest BCUT2D eigenvalue weighted by atomic mass is 16.6. The Morgan fingerprint density at radius 1 is 1.50 bits per heavy atom. The van der Waals surface area contributed by atoms with Crippen LogP contribution in [0.4, 0.5) is 5.69 Å². The van der Waals surface area contributed by atoms with Crippen LogP contribution in [-0.2, 0) is 9.63 Å². The molecule has 0 unspecified atom stereocenters. The van der Waals surface area contributed by atoms with Crippen LogP contribution in [0.25, 0.3) is 0 Å². The maximum Gasteiger partial charge on any atom is 0.247 e. The maximum atomic E-state index is 11.3. The second kappa shape index (κ2) is 8.22. The van der Waals surface area contributed by atoms with Crippen LogP contribution in [0.5, 0.6) is 5.75 Å². The molecule has 0 aliphatic carbocycles. The van der Waals surface area contributed by atoms with E-state index in [1.807, 2.05) is 12.1 Å². The highest BCUT2D eigenvalue weighted by molar-refractivity contribution is 6.04. The summed E-state index contributed by atoms with van der Waals surface area (Å²) in [5.74, 6) is 0.466. The number of unbranched alkanes of at least 4 members (excludes halogenated alkanes) is 2. The van der Waals surface area contributed by atoms with Gasteiger partial charge in [0.2, 0.25) is 5.91 Å². The molecule has 0 spiro atoms. The van der Waals surface area contributed by atoms with Crippen LogP contribution < -0.4 is 10.1 Å². The number of nitrogens with one attached hydrogen (secondary N) is 1. The Hall–Kier alpha value is -2.30. The summed E-state index contributed by atoms with van der Waals surface area (Å²) in [4.78, 5) is 16.7. The zero-order valence-corrected chi connectivity index (χ0v) is 12.9. The maximum absolute atomic E-state index is 11.3. The second-order valence-corrected chi connectivity index (χ2v) is 5.08. The highest BCUT2D eigenvalue weighted by Crippen LogP contribution is 2.28. The molecule has 0 radical (unpaired) electrons. The summed E-state index contributed by atoms with van der Waals surface area (Å²) >= 11 is 0. The molecule has 22 heavy (non-hydrogen) atoms. The Labute approximate surface area is 131 Å². The molecule has 0 atom stereocenters. The molecular weight excluding hydrogens is 280 g/mol. The summed E-state index contributed by atoms with van der Waals surface area (Å²) in [7, 11) is 0. The third kappa shape index (κ3) is 4.35. The number of fused-ring (bicyclic) bond motifs is 1. The quantitative estimate of drug-likeness (QED) is 0.476. The Morgan fingerprint density at radius 2 is 2.36 bits per heavy atom. The van der Waals surface area contributed by atoms with E-state index >= 15 is 0 Å². The Balaban J connectivity index is 2.05. The van der Waals surface area contributed by atoms with E-state index < -0.39 is 0 Å². The number of nitrogens with zero attached hydrogens (tertiary/aromatic N) is 1.